The summed E-state index contributed by atoms with van der Waals surface area (Å²) < 4.78 is 5.25. The van der Waals surface area contributed by atoms with Crippen LogP contribution in [0.3, 0.4) is 0 Å². The molecule has 0 aromatic rings. The SMILES string of the molecule is CO[C@@H]1C[C@H]2C(=O)N3CC[C@H](N)[C@H]3C(=O)N2C1. The van der Waals surface area contributed by atoms with Gasteiger partial charge in [0.1, 0.15) is 12.1 Å². The standard InChI is InChI=1S/C11H17N3O3/c1-17-6-4-8-10(15)13-3-2-7(12)9(13)11(16)14(8)5-6/h6-9H,2-5,12H2,1H3/t6-,7+,8+,9+/m1/s1. The lowest BCUT2D eigenvalue weighted by molar-refractivity contribution is -0.157. The number of hydrogen-bond acceptors (Lipinski definition) is 4. The third-order valence-electron chi connectivity index (χ3n) is 4.14. The number of piperazine rings is 1. The van der Waals surface area contributed by atoms with Crippen molar-refractivity contribution in [3.8, 4) is 0 Å². The fraction of sp³-hybridized carbons (Fsp3) is 0.818. The van der Waals surface area contributed by atoms with Crippen molar-refractivity contribution in [2.45, 2.75) is 37.1 Å². The Morgan fingerprint density at radius 1 is 1.29 bits per heavy atom. The second-order valence-electron chi connectivity index (χ2n) is 5.03. The first-order chi connectivity index (χ1) is 8.13. The summed E-state index contributed by atoms with van der Waals surface area (Å²) in [5.41, 5.74) is 5.92. The van der Waals surface area contributed by atoms with Gasteiger partial charge in [-0.3, -0.25) is 9.59 Å². The van der Waals surface area contributed by atoms with Gasteiger partial charge in [-0.15, -0.1) is 0 Å². The molecule has 0 aromatic heterocycles. The molecule has 3 aliphatic heterocycles. The fourth-order valence-electron chi connectivity index (χ4n) is 3.19. The van der Waals surface area contributed by atoms with Gasteiger partial charge in [0.2, 0.25) is 11.8 Å². The van der Waals surface area contributed by atoms with Crippen LogP contribution in [-0.2, 0) is 14.3 Å². The summed E-state index contributed by atoms with van der Waals surface area (Å²) in [7, 11) is 1.62. The molecular formula is C11H17N3O3. The van der Waals surface area contributed by atoms with Crippen LogP contribution in [0.2, 0.25) is 0 Å². The molecule has 4 atom stereocenters. The molecule has 3 saturated heterocycles. The Kier molecular flexibility index (Phi) is 2.38. The fourth-order valence-corrected chi connectivity index (χ4v) is 3.19. The topological polar surface area (TPSA) is 75.9 Å². The second kappa shape index (κ2) is 3.68. The average Bonchev–Trinajstić information content (AvgIpc) is 2.90. The summed E-state index contributed by atoms with van der Waals surface area (Å²) in [6.45, 7) is 1.13. The predicted molar refractivity (Wildman–Crippen MR) is 59.0 cm³/mol. The monoisotopic (exact) mass is 239 g/mol. The molecule has 17 heavy (non-hydrogen) atoms. The van der Waals surface area contributed by atoms with Gasteiger partial charge in [-0.1, -0.05) is 0 Å². The Morgan fingerprint density at radius 3 is 2.76 bits per heavy atom. The zero-order valence-electron chi connectivity index (χ0n) is 9.83. The largest absolute Gasteiger partial charge is 0.380 e. The molecule has 2 N–H and O–H groups in total. The van der Waals surface area contributed by atoms with E-state index in [9.17, 15) is 9.59 Å². The molecule has 2 amide bonds. The number of ether oxygens (including phenoxy) is 1. The van der Waals surface area contributed by atoms with Crippen LogP contribution in [0.5, 0.6) is 0 Å². The molecule has 0 bridgehead atoms. The van der Waals surface area contributed by atoms with Gasteiger partial charge >= 0.3 is 0 Å². The van der Waals surface area contributed by atoms with Crippen LogP contribution in [0, 0.1) is 0 Å². The van der Waals surface area contributed by atoms with Gasteiger partial charge in [0.25, 0.3) is 0 Å². The number of nitrogens with two attached hydrogens (primary N) is 1. The summed E-state index contributed by atoms with van der Waals surface area (Å²) in [5.74, 6) is 0.0428. The minimum Gasteiger partial charge on any atom is -0.380 e. The molecule has 6 heteroatoms. The number of methoxy groups -OCH3 is 1. The molecular weight excluding hydrogens is 222 g/mol. The number of fused-ring (bicyclic) bond motifs is 2. The lowest BCUT2D eigenvalue weighted by atomic mass is 10.0. The van der Waals surface area contributed by atoms with Crippen LogP contribution in [0.1, 0.15) is 12.8 Å². The lowest BCUT2D eigenvalue weighted by Gasteiger charge is -2.39. The highest BCUT2D eigenvalue weighted by Crippen LogP contribution is 2.32. The van der Waals surface area contributed by atoms with Crippen LogP contribution in [0.15, 0.2) is 0 Å². The molecule has 0 spiro atoms. The van der Waals surface area contributed by atoms with E-state index >= 15 is 0 Å². The number of carbonyl (C=O) groups excluding carboxylic acids is 2. The Bertz CT molecular complexity index is 373. The first-order valence-corrected chi connectivity index (χ1v) is 6.03. The van der Waals surface area contributed by atoms with Gasteiger partial charge in [0, 0.05) is 32.7 Å². The van der Waals surface area contributed by atoms with Crippen molar-refractivity contribution in [3.05, 3.63) is 0 Å². The smallest absolute Gasteiger partial charge is 0.247 e. The summed E-state index contributed by atoms with van der Waals surface area (Å²) >= 11 is 0. The van der Waals surface area contributed by atoms with Crippen molar-refractivity contribution < 1.29 is 14.3 Å². The van der Waals surface area contributed by atoms with Crippen molar-refractivity contribution in [2.24, 2.45) is 5.73 Å². The van der Waals surface area contributed by atoms with Gasteiger partial charge in [-0.05, 0) is 6.42 Å². The van der Waals surface area contributed by atoms with Gasteiger partial charge in [-0.2, -0.15) is 0 Å². The minimum atomic E-state index is -0.436. The maximum Gasteiger partial charge on any atom is 0.247 e. The van der Waals surface area contributed by atoms with E-state index in [2.05, 4.69) is 0 Å². The maximum atomic E-state index is 12.3. The van der Waals surface area contributed by atoms with E-state index in [1.807, 2.05) is 0 Å². The summed E-state index contributed by atoms with van der Waals surface area (Å²) in [6.07, 6.45) is 1.31. The van der Waals surface area contributed by atoms with Crippen molar-refractivity contribution in [3.63, 3.8) is 0 Å². The molecule has 3 aliphatic rings. The number of rotatable bonds is 1. The van der Waals surface area contributed by atoms with Crippen molar-refractivity contribution >= 4 is 11.8 Å². The zero-order chi connectivity index (χ0) is 12.2. The zero-order valence-corrected chi connectivity index (χ0v) is 9.83. The summed E-state index contributed by atoms with van der Waals surface area (Å²) in [5, 5.41) is 0. The minimum absolute atomic E-state index is 0.000787. The van der Waals surface area contributed by atoms with Crippen LogP contribution in [0.4, 0.5) is 0 Å². The number of carbonyl (C=O) groups is 2. The van der Waals surface area contributed by atoms with Crippen molar-refractivity contribution in [2.75, 3.05) is 20.2 Å². The maximum absolute atomic E-state index is 12.3. The van der Waals surface area contributed by atoms with E-state index in [0.717, 1.165) is 6.42 Å². The predicted octanol–water partition coefficient (Wildman–Crippen LogP) is -1.46. The highest BCUT2D eigenvalue weighted by Gasteiger charge is 2.54. The van der Waals surface area contributed by atoms with Crippen LogP contribution in [0.25, 0.3) is 0 Å². The molecule has 94 valence electrons. The van der Waals surface area contributed by atoms with E-state index in [-0.39, 0.29) is 30.0 Å². The quantitative estimate of drug-likeness (QED) is 0.607. The van der Waals surface area contributed by atoms with Crippen molar-refractivity contribution in [1.29, 1.82) is 0 Å². The van der Waals surface area contributed by atoms with Crippen LogP contribution in [-0.4, -0.2) is 66.0 Å². The van der Waals surface area contributed by atoms with E-state index < -0.39 is 6.04 Å². The second-order valence-corrected chi connectivity index (χ2v) is 5.03. The molecule has 0 saturated carbocycles. The van der Waals surface area contributed by atoms with E-state index in [0.29, 0.717) is 19.5 Å². The van der Waals surface area contributed by atoms with E-state index in [4.69, 9.17) is 10.5 Å². The van der Waals surface area contributed by atoms with E-state index in [1.54, 1.807) is 16.9 Å². The molecule has 3 heterocycles. The highest BCUT2D eigenvalue weighted by molar-refractivity contribution is 5.98. The van der Waals surface area contributed by atoms with Gasteiger partial charge < -0.3 is 20.3 Å². The summed E-state index contributed by atoms with van der Waals surface area (Å²) in [4.78, 5) is 27.9. The molecule has 0 aliphatic carbocycles. The molecule has 3 fully saturated rings. The Labute approximate surface area is 99.7 Å². The van der Waals surface area contributed by atoms with E-state index in [1.165, 1.54) is 0 Å². The van der Waals surface area contributed by atoms with Gasteiger partial charge in [0.05, 0.1) is 6.10 Å². The number of hydrogen-bond donors (Lipinski definition) is 1. The molecule has 3 rings (SSSR count). The molecule has 0 radical (unpaired) electrons. The van der Waals surface area contributed by atoms with Gasteiger partial charge in [-0.25, -0.2) is 0 Å². The third-order valence-corrected chi connectivity index (χ3v) is 4.14. The van der Waals surface area contributed by atoms with Gasteiger partial charge in [0.15, 0.2) is 0 Å². The van der Waals surface area contributed by atoms with Crippen LogP contribution < -0.4 is 5.73 Å². The first-order valence-electron chi connectivity index (χ1n) is 6.03. The third kappa shape index (κ3) is 1.40. The Morgan fingerprint density at radius 2 is 2.06 bits per heavy atom. The molecule has 0 unspecified atom stereocenters. The Hall–Kier alpha value is -1.14. The lowest BCUT2D eigenvalue weighted by Crippen LogP contribution is -2.63. The number of nitrogens with zero attached hydrogens (tertiary/aromatic N) is 2. The number of amides is 2. The summed E-state index contributed by atoms with van der Waals surface area (Å²) in [6, 6.07) is -0.975. The van der Waals surface area contributed by atoms with Crippen LogP contribution >= 0.6 is 0 Å². The van der Waals surface area contributed by atoms with Crippen molar-refractivity contribution in [1.82, 2.24) is 9.80 Å². The molecule has 0 aromatic carbocycles. The normalized spacial score (nSPS) is 40.8. The average molecular weight is 239 g/mol. The first kappa shape index (κ1) is 11.0. The molecule has 6 nitrogen and oxygen atoms in total. The Balaban J connectivity index is 1.90. The highest BCUT2D eigenvalue weighted by atomic mass is 16.5.